The average Bonchev–Trinajstić information content (AvgIpc) is 2.22. The van der Waals surface area contributed by atoms with Crippen molar-refractivity contribution in [2.45, 2.75) is 18.9 Å². The fourth-order valence-corrected chi connectivity index (χ4v) is 1.91. The van der Waals surface area contributed by atoms with E-state index in [9.17, 15) is 14.9 Å². The van der Waals surface area contributed by atoms with Crippen molar-refractivity contribution >= 4 is 17.3 Å². The Morgan fingerprint density at radius 1 is 1.41 bits per heavy atom. The molecule has 0 spiro atoms. The normalized spacial score (nSPS) is 22.6. The summed E-state index contributed by atoms with van der Waals surface area (Å²) in [5, 5.41) is 22.5. The summed E-state index contributed by atoms with van der Waals surface area (Å²) < 4.78 is 0. The maximum absolute atomic E-state index is 10.8. The van der Waals surface area contributed by atoms with Crippen LogP contribution in [0.3, 0.4) is 0 Å². The second-order valence-electron chi connectivity index (χ2n) is 4.12. The summed E-state index contributed by atoms with van der Waals surface area (Å²) in [5.41, 5.74) is 0.470. The van der Waals surface area contributed by atoms with Gasteiger partial charge in [0.05, 0.1) is 10.8 Å². The predicted octanol–water partition coefficient (Wildman–Crippen LogP) is 1.87. The average molecular weight is 236 g/mol. The molecule has 0 unspecified atom stereocenters. The number of rotatable bonds is 4. The van der Waals surface area contributed by atoms with Gasteiger partial charge in [-0.25, -0.2) is 0 Å². The lowest BCUT2D eigenvalue weighted by molar-refractivity contribution is -0.384. The molecule has 0 radical (unpaired) electrons. The summed E-state index contributed by atoms with van der Waals surface area (Å²) in [5.74, 6) is -1.12. The minimum Gasteiger partial charge on any atom is -0.481 e. The molecule has 0 bridgehead atoms. The Bertz CT molecular complexity index is 455. The zero-order valence-corrected chi connectivity index (χ0v) is 9.00. The van der Waals surface area contributed by atoms with Crippen molar-refractivity contribution in [1.29, 1.82) is 0 Å². The summed E-state index contributed by atoms with van der Waals surface area (Å²) in [7, 11) is 0. The highest BCUT2D eigenvalue weighted by Crippen LogP contribution is 2.33. The van der Waals surface area contributed by atoms with E-state index in [1.165, 1.54) is 6.07 Å². The Morgan fingerprint density at radius 3 is 2.65 bits per heavy atom. The molecule has 0 heterocycles. The predicted molar refractivity (Wildman–Crippen MR) is 60.9 cm³/mol. The zero-order valence-electron chi connectivity index (χ0n) is 9.00. The Kier molecular flexibility index (Phi) is 2.95. The maximum atomic E-state index is 10.8. The van der Waals surface area contributed by atoms with Crippen molar-refractivity contribution in [2.24, 2.45) is 5.92 Å². The van der Waals surface area contributed by atoms with Gasteiger partial charge in [-0.05, 0) is 18.9 Å². The van der Waals surface area contributed by atoms with Crippen LogP contribution in [0, 0.1) is 16.0 Å². The molecule has 6 nitrogen and oxygen atoms in total. The smallest absolute Gasteiger partial charge is 0.306 e. The van der Waals surface area contributed by atoms with Crippen molar-refractivity contribution in [2.75, 3.05) is 5.32 Å². The lowest BCUT2D eigenvalue weighted by atomic mass is 9.80. The van der Waals surface area contributed by atoms with Crippen LogP contribution < -0.4 is 5.32 Å². The Morgan fingerprint density at radius 2 is 2.06 bits per heavy atom. The second-order valence-corrected chi connectivity index (χ2v) is 4.12. The van der Waals surface area contributed by atoms with Crippen LogP contribution in [-0.2, 0) is 4.79 Å². The Balaban J connectivity index is 2.01. The second kappa shape index (κ2) is 4.40. The largest absolute Gasteiger partial charge is 0.481 e. The first-order valence-corrected chi connectivity index (χ1v) is 5.30. The number of para-hydroxylation sites is 2. The quantitative estimate of drug-likeness (QED) is 0.615. The van der Waals surface area contributed by atoms with Gasteiger partial charge in [0.1, 0.15) is 5.69 Å². The number of carbonyl (C=O) groups is 1. The van der Waals surface area contributed by atoms with E-state index >= 15 is 0 Å². The molecule has 2 rings (SSSR count). The molecule has 1 saturated carbocycles. The van der Waals surface area contributed by atoms with Crippen LogP contribution in [0.25, 0.3) is 0 Å². The molecule has 0 aliphatic heterocycles. The molecule has 0 saturated heterocycles. The summed E-state index contributed by atoms with van der Waals surface area (Å²) >= 11 is 0. The fourth-order valence-electron chi connectivity index (χ4n) is 1.91. The van der Waals surface area contributed by atoms with Crippen molar-refractivity contribution in [3.05, 3.63) is 34.4 Å². The summed E-state index contributed by atoms with van der Waals surface area (Å²) in [6.07, 6.45) is 1.03. The first kappa shape index (κ1) is 11.4. The number of aliphatic carboxylic acids is 1. The number of nitro groups is 1. The third-order valence-electron chi connectivity index (χ3n) is 2.95. The van der Waals surface area contributed by atoms with Gasteiger partial charge in [-0.1, -0.05) is 12.1 Å². The maximum Gasteiger partial charge on any atom is 0.306 e. The number of nitrogens with one attached hydrogen (secondary N) is 1. The third-order valence-corrected chi connectivity index (χ3v) is 2.95. The highest BCUT2D eigenvalue weighted by atomic mass is 16.6. The molecule has 0 amide bonds. The van der Waals surface area contributed by atoms with Crippen molar-refractivity contribution in [3.63, 3.8) is 0 Å². The van der Waals surface area contributed by atoms with Gasteiger partial charge in [0, 0.05) is 12.1 Å². The molecule has 1 aromatic carbocycles. The third kappa shape index (κ3) is 2.35. The van der Waals surface area contributed by atoms with Gasteiger partial charge in [0.25, 0.3) is 5.69 Å². The van der Waals surface area contributed by atoms with Gasteiger partial charge >= 0.3 is 5.97 Å². The van der Waals surface area contributed by atoms with Gasteiger partial charge < -0.3 is 10.4 Å². The Hall–Kier alpha value is -2.11. The SMILES string of the molecule is O=C(O)[C@H]1C[C@@H](Nc2ccccc2[N+](=O)[O-])C1. The molecule has 17 heavy (non-hydrogen) atoms. The van der Waals surface area contributed by atoms with Gasteiger partial charge in [0.2, 0.25) is 0 Å². The molecule has 90 valence electrons. The number of hydrogen-bond donors (Lipinski definition) is 2. The summed E-state index contributed by atoms with van der Waals surface area (Å²) in [6.45, 7) is 0. The van der Waals surface area contributed by atoms with E-state index in [4.69, 9.17) is 5.11 Å². The van der Waals surface area contributed by atoms with Crippen LogP contribution in [0.2, 0.25) is 0 Å². The first-order chi connectivity index (χ1) is 8.08. The van der Waals surface area contributed by atoms with E-state index in [-0.39, 0.29) is 17.6 Å². The molecule has 6 heteroatoms. The van der Waals surface area contributed by atoms with Crippen LogP contribution in [0.1, 0.15) is 12.8 Å². The number of hydrogen-bond acceptors (Lipinski definition) is 4. The molecule has 0 atom stereocenters. The van der Waals surface area contributed by atoms with Crippen LogP contribution in [0.5, 0.6) is 0 Å². The summed E-state index contributed by atoms with van der Waals surface area (Å²) in [6, 6.07) is 6.38. The van der Waals surface area contributed by atoms with E-state index in [1.807, 2.05) is 0 Å². The van der Waals surface area contributed by atoms with Crippen molar-refractivity contribution < 1.29 is 14.8 Å². The van der Waals surface area contributed by atoms with Crippen LogP contribution in [0.4, 0.5) is 11.4 Å². The van der Waals surface area contributed by atoms with Crippen molar-refractivity contribution in [3.8, 4) is 0 Å². The van der Waals surface area contributed by atoms with Gasteiger partial charge in [0.15, 0.2) is 0 Å². The number of nitro benzene ring substituents is 1. The first-order valence-electron chi connectivity index (χ1n) is 5.30. The van der Waals surface area contributed by atoms with E-state index in [0.717, 1.165) is 0 Å². The fraction of sp³-hybridized carbons (Fsp3) is 0.364. The molecule has 1 aliphatic rings. The highest BCUT2D eigenvalue weighted by molar-refractivity contribution is 5.72. The lowest BCUT2D eigenvalue weighted by Crippen LogP contribution is -2.39. The zero-order chi connectivity index (χ0) is 12.4. The minimum atomic E-state index is -0.800. The van der Waals surface area contributed by atoms with Crippen molar-refractivity contribution in [1.82, 2.24) is 0 Å². The number of benzene rings is 1. The highest BCUT2D eigenvalue weighted by Gasteiger charge is 2.35. The van der Waals surface area contributed by atoms with E-state index in [2.05, 4.69) is 5.32 Å². The lowest BCUT2D eigenvalue weighted by Gasteiger charge is -2.33. The van der Waals surface area contributed by atoms with E-state index in [1.54, 1.807) is 18.2 Å². The Labute approximate surface area is 97.4 Å². The minimum absolute atomic E-state index is 0.0113. The van der Waals surface area contributed by atoms with E-state index < -0.39 is 10.9 Å². The summed E-state index contributed by atoms with van der Waals surface area (Å²) in [4.78, 5) is 20.9. The molecule has 1 aromatic rings. The molecule has 0 aromatic heterocycles. The van der Waals surface area contributed by atoms with Gasteiger partial charge in [-0.3, -0.25) is 14.9 Å². The standard InChI is InChI=1S/C11H12N2O4/c14-11(15)7-5-8(6-7)12-9-3-1-2-4-10(9)13(16)17/h1-4,7-8,12H,5-6H2,(H,14,15)/t7-,8+. The number of anilines is 1. The molecular formula is C11H12N2O4. The number of nitrogens with zero attached hydrogens (tertiary/aromatic N) is 1. The van der Waals surface area contributed by atoms with Crippen LogP contribution >= 0.6 is 0 Å². The number of carboxylic acids is 1. The monoisotopic (exact) mass is 236 g/mol. The molecular weight excluding hydrogens is 224 g/mol. The van der Waals surface area contributed by atoms with E-state index in [0.29, 0.717) is 18.5 Å². The van der Waals surface area contributed by atoms with Crippen LogP contribution in [-0.4, -0.2) is 22.0 Å². The van der Waals surface area contributed by atoms with Crippen LogP contribution in [0.15, 0.2) is 24.3 Å². The van der Waals surface area contributed by atoms with Gasteiger partial charge in [-0.2, -0.15) is 0 Å². The molecule has 1 aliphatic carbocycles. The molecule has 1 fully saturated rings. The molecule has 2 N–H and O–H groups in total. The number of carboxylic acid groups (broad SMARTS) is 1. The van der Waals surface area contributed by atoms with Gasteiger partial charge in [-0.15, -0.1) is 0 Å². The topological polar surface area (TPSA) is 92.5 Å².